The van der Waals surface area contributed by atoms with Crippen molar-refractivity contribution in [3.63, 3.8) is 0 Å². The van der Waals surface area contributed by atoms with E-state index < -0.39 is 0 Å². The summed E-state index contributed by atoms with van der Waals surface area (Å²) in [6.07, 6.45) is 2.74. The third-order valence-electron chi connectivity index (χ3n) is 2.88. The fourth-order valence-electron chi connectivity index (χ4n) is 1.97. The standard InChI is InChI=1S/C13H12ClN3O/c1-2-13-15-12(16-18-13)8-17-7-6-9-10(14)4-3-5-11(9)17/h3-7H,2,8H2,1H3. The summed E-state index contributed by atoms with van der Waals surface area (Å²) in [4.78, 5) is 4.30. The summed E-state index contributed by atoms with van der Waals surface area (Å²) in [5.74, 6) is 1.35. The second kappa shape index (κ2) is 4.46. The summed E-state index contributed by atoms with van der Waals surface area (Å²) < 4.78 is 7.16. The Morgan fingerprint density at radius 1 is 1.33 bits per heavy atom. The van der Waals surface area contributed by atoms with Gasteiger partial charge in [-0.15, -0.1) is 0 Å². The van der Waals surface area contributed by atoms with Gasteiger partial charge in [0.2, 0.25) is 5.89 Å². The van der Waals surface area contributed by atoms with Crippen LogP contribution in [0, 0.1) is 0 Å². The molecule has 0 saturated carbocycles. The largest absolute Gasteiger partial charge is 0.340 e. The van der Waals surface area contributed by atoms with Crippen LogP contribution in [0.3, 0.4) is 0 Å². The first kappa shape index (κ1) is 11.3. The molecule has 0 spiro atoms. The Hall–Kier alpha value is -1.81. The molecular weight excluding hydrogens is 250 g/mol. The molecule has 0 fully saturated rings. The molecule has 0 bridgehead atoms. The van der Waals surface area contributed by atoms with Crippen LogP contribution in [0.1, 0.15) is 18.6 Å². The molecule has 0 atom stereocenters. The lowest BCUT2D eigenvalue weighted by Crippen LogP contribution is -1.99. The molecule has 1 aromatic carbocycles. The molecule has 0 aliphatic rings. The first-order chi connectivity index (χ1) is 8.78. The van der Waals surface area contributed by atoms with Crippen LogP contribution in [0.5, 0.6) is 0 Å². The quantitative estimate of drug-likeness (QED) is 0.727. The van der Waals surface area contributed by atoms with Gasteiger partial charge < -0.3 is 9.09 Å². The number of halogens is 1. The van der Waals surface area contributed by atoms with E-state index in [1.807, 2.05) is 37.4 Å². The highest BCUT2D eigenvalue weighted by molar-refractivity contribution is 6.35. The summed E-state index contributed by atoms with van der Waals surface area (Å²) in [6.45, 7) is 2.58. The summed E-state index contributed by atoms with van der Waals surface area (Å²) >= 11 is 6.14. The number of hydrogen-bond acceptors (Lipinski definition) is 3. The Balaban J connectivity index is 1.97. The fraction of sp³-hybridized carbons (Fsp3) is 0.231. The Labute approximate surface area is 109 Å². The van der Waals surface area contributed by atoms with Crippen molar-refractivity contribution in [1.82, 2.24) is 14.7 Å². The lowest BCUT2D eigenvalue weighted by atomic mass is 10.2. The maximum absolute atomic E-state index is 6.14. The molecular formula is C13H12ClN3O. The summed E-state index contributed by atoms with van der Waals surface area (Å²) in [5, 5.41) is 5.75. The molecule has 0 amide bonds. The molecule has 0 saturated heterocycles. The fourth-order valence-corrected chi connectivity index (χ4v) is 2.21. The van der Waals surface area contributed by atoms with Crippen LogP contribution in [-0.2, 0) is 13.0 Å². The van der Waals surface area contributed by atoms with Crippen molar-refractivity contribution in [2.24, 2.45) is 0 Å². The Bertz CT molecular complexity index is 686. The highest BCUT2D eigenvalue weighted by Crippen LogP contribution is 2.24. The van der Waals surface area contributed by atoms with Gasteiger partial charge in [-0.2, -0.15) is 4.98 Å². The van der Waals surface area contributed by atoms with Crippen molar-refractivity contribution in [2.75, 3.05) is 0 Å². The molecule has 0 unspecified atom stereocenters. The molecule has 0 radical (unpaired) electrons. The molecule has 3 rings (SSSR count). The van der Waals surface area contributed by atoms with Crippen LogP contribution in [0.4, 0.5) is 0 Å². The van der Waals surface area contributed by atoms with E-state index in [4.69, 9.17) is 16.1 Å². The number of nitrogens with zero attached hydrogens (tertiary/aromatic N) is 3. The molecule has 5 heteroatoms. The van der Waals surface area contributed by atoms with Gasteiger partial charge in [-0.1, -0.05) is 29.7 Å². The van der Waals surface area contributed by atoms with Gasteiger partial charge >= 0.3 is 0 Å². The third kappa shape index (κ3) is 1.88. The van der Waals surface area contributed by atoms with Crippen LogP contribution < -0.4 is 0 Å². The number of aromatic nitrogens is 3. The van der Waals surface area contributed by atoms with E-state index in [1.165, 1.54) is 0 Å². The van der Waals surface area contributed by atoms with E-state index in [0.717, 1.165) is 22.3 Å². The van der Waals surface area contributed by atoms with Crippen LogP contribution in [-0.4, -0.2) is 14.7 Å². The van der Waals surface area contributed by atoms with Gasteiger partial charge in [0, 0.05) is 28.5 Å². The van der Waals surface area contributed by atoms with E-state index in [0.29, 0.717) is 18.3 Å². The molecule has 4 nitrogen and oxygen atoms in total. The molecule has 0 N–H and O–H groups in total. The number of aryl methyl sites for hydroxylation is 1. The van der Waals surface area contributed by atoms with Crippen LogP contribution in [0.15, 0.2) is 35.0 Å². The number of rotatable bonds is 3. The molecule has 0 aliphatic heterocycles. The second-order valence-corrected chi connectivity index (χ2v) is 4.48. The number of fused-ring (bicyclic) bond motifs is 1. The normalized spacial score (nSPS) is 11.2. The van der Waals surface area contributed by atoms with Gasteiger partial charge in [0.1, 0.15) is 0 Å². The zero-order valence-corrected chi connectivity index (χ0v) is 10.7. The molecule has 2 aromatic heterocycles. The van der Waals surface area contributed by atoms with E-state index in [9.17, 15) is 0 Å². The zero-order valence-electron chi connectivity index (χ0n) is 9.93. The molecule has 0 aliphatic carbocycles. The average Bonchev–Trinajstić information content (AvgIpc) is 2.98. The van der Waals surface area contributed by atoms with E-state index in [1.54, 1.807) is 0 Å². The van der Waals surface area contributed by atoms with Gasteiger partial charge in [0.05, 0.1) is 6.54 Å². The smallest absolute Gasteiger partial charge is 0.226 e. The van der Waals surface area contributed by atoms with Gasteiger partial charge in [0.15, 0.2) is 5.82 Å². The van der Waals surface area contributed by atoms with E-state index in [-0.39, 0.29) is 0 Å². The molecule has 3 aromatic rings. The number of hydrogen-bond donors (Lipinski definition) is 0. The predicted molar refractivity (Wildman–Crippen MR) is 69.7 cm³/mol. The maximum atomic E-state index is 6.14. The van der Waals surface area contributed by atoms with Gasteiger partial charge in [-0.05, 0) is 18.2 Å². The Kier molecular flexibility index (Phi) is 2.80. The summed E-state index contributed by atoms with van der Waals surface area (Å²) in [5.41, 5.74) is 1.07. The van der Waals surface area contributed by atoms with Crippen molar-refractivity contribution in [1.29, 1.82) is 0 Å². The average molecular weight is 262 g/mol. The molecule has 18 heavy (non-hydrogen) atoms. The van der Waals surface area contributed by atoms with Gasteiger partial charge in [-0.25, -0.2) is 0 Å². The second-order valence-electron chi connectivity index (χ2n) is 4.07. The minimum atomic E-state index is 0.591. The SMILES string of the molecule is CCc1nc(Cn2ccc3c(Cl)cccc32)no1. The highest BCUT2D eigenvalue weighted by atomic mass is 35.5. The maximum Gasteiger partial charge on any atom is 0.226 e. The Morgan fingerprint density at radius 3 is 3.00 bits per heavy atom. The first-order valence-corrected chi connectivity index (χ1v) is 6.20. The van der Waals surface area contributed by atoms with E-state index in [2.05, 4.69) is 14.7 Å². The van der Waals surface area contributed by atoms with Crippen molar-refractivity contribution in [3.05, 3.63) is 47.2 Å². The van der Waals surface area contributed by atoms with Crippen LogP contribution in [0.2, 0.25) is 5.02 Å². The highest BCUT2D eigenvalue weighted by Gasteiger charge is 2.08. The van der Waals surface area contributed by atoms with Crippen LogP contribution in [0.25, 0.3) is 10.9 Å². The zero-order chi connectivity index (χ0) is 12.5. The van der Waals surface area contributed by atoms with Crippen molar-refractivity contribution in [2.45, 2.75) is 19.9 Å². The number of benzene rings is 1. The lowest BCUT2D eigenvalue weighted by Gasteiger charge is -2.01. The van der Waals surface area contributed by atoms with Crippen molar-refractivity contribution < 1.29 is 4.52 Å². The first-order valence-electron chi connectivity index (χ1n) is 5.82. The van der Waals surface area contributed by atoms with Gasteiger partial charge in [0.25, 0.3) is 0 Å². The topological polar surface area (TPSA) is 43.9 Å². The van der Waals surface area contributed by atoms with Crippen LogP contribution >= 0.6 is 11.6 Å². The Morgan fingerprint density at radius 2 is 2.22 bits per heavy atom. The minimum absolute atomic E-state index is 0.591. The molecule has 2 heterocycles. The third-order valence-corrected chi connectivity index (χ3v) is 3.21. The monoisotopic (exact) mass is 261 g/mol. The summed E-state index contributed by atoms with van der Waals surface area (Å²) in [6, 6.07) is 7.85. The predicted octanol–water partition coefficient (Wildman–Crippen LogP) is 3.29. The van der Waals surface area contributed by atoms with Gasteiger partial charge in [-0.3, -0.25) is 0 Å². The lowest BCUT2D eigenvalue weighted by molar-refractivity contribution is 0.375. The van der Waals surface area contributed by atoms with Crippen molar-refractivity contribution in [3.8, 4) is 0 Å². The van der Waals surface area contributed by atoms with E-state index >= 15 is 0 Å². The summed E-state index contributed by atoms with van der Waals surface area (Å²) in [7, 11) is 0. The van der Waals surface area contributed by atoms with Crippen molar-refractivity contribution >= 4 is 22.5 Å². The minimum Gasteiger partial charge on any atom is -0.340 e. The molecule has 92 valence electrons.